The van der Waals surface area contributed by atoms with E-state index in [4.69, 9.17) is 0 Å². The van der Waals surface area contributed by atoms with Gasteiger partial charge in [-0.25, -0.2) is 0 Å². The van der Waals surface area contributed by atoms with E-state index >= 15 is 0 Å². The lowest BCUT2D eigenvalue weighted by molar-refractivity contribution is -0.126. The van der Waals surface area contributed by atoms with Crippen molar-refractivity contribution >= 4 is 16.7 Å². The van der Waals surface area contributed by atoms with Crippen LogP contribution in [0.2, 0.25) is 0 Å². The number of hydrogen-bond acceptors (Lipinski definition) is 3. The molecule has 5 rings (SSSR count). The fourth-order valence-electron chi connectivity index (χ4n) is 5.43. The zero-order chi connectivity index (χ0) is 21.2. The molecule has 0 bridgehead atoms. The molecule has 1 saturated heterocycles. The summed E-state index contributed by atoms with van der Waals surface area (Å²) in [5.41, 5.74) is 4.20. The zero-order valence-corrected chi connectivity index (χ0v) is 18.2. The summed E-state index contributed by atoms with van der Waals surface area (Å²) in [6, 6.07) is 24.5. The lowest BCUT2D eigenvalue weighted by atomic mass is 10.0. The zero-order valence-electron chi connectivity index (χ0n) is 18.2. The van der Waals surface area contributed by atoms with Crippen molar-refractivity contribution in [3.63, 3.8) is 0 Å². The van der Waals surface area contributed by atoms with Crippen LogP contribution in [0.3, 0.4) is 0 Å². The standard InChI is InChI=1S/C27H31N3O/c1-2-28-27(31)26-16-23(18-30(26)24-14-20-9-3-4-10-21(20)15-24)29-17-22-12-7-11-19-8-5-6-13-25(19)22/h3-13,23-24,26,29H,2,14-18H2,1H3,(H,28,31)/t23-,26+/m1/s1. The molecule has 0 spiro atoms. The van der Waals surface area contributed by atoms with Crippen LogP contribution in [0.25, 0.3) is 10.8 Å². The molecule has 0 saturated carbocycles. The van der Waals surface area contributed by atoms with Gasteiger partial charge in [-0.05, 0) is 53.6 Å². The van der Waals surface area contributed by atoms with E-state index in [-0.39, 0.29) is 11.9 Å². The number of fused-ring (bicyclic) bond motifs is 2. The predicted octanol–water partition coefficient (Wildman–Crippen LogP) is 3.68. The van der Waals surface area contributed by atoms with Crippen molar-refractivity contribution in [1.82, 2.24) is 15.5 Å². The summed E-state index contributed by atoms with van der Waals surface area (Å²) < 4.78 is 0. The Kier molecular flexibility index (Phi) is 5.75. The number of hydrogen-bond donors (Lipinski definition) is 2. The van der Waals surface area contributed by atoms with Gasteiger partial charge >= 0.3 is 0 Å². The first-order chi connectivity index (χ1) is 15.2. The van der Waals surface area contributed by atoms with Gasteiger partial charge in [0.15, 0.2) is 0 Å². The molecule has 1 amide bonds. The Labute approximate surface area is 184 Å². The summed E-state index contributed by atoms with van der Waals surface area (Å²) in [5.74, 6) is 0.174. The number of likely N-dealkylation sites (N-methyl/N-ethyl adjacent to an activating group) is 1. The van der Waals surface area contributed by atoms with Crippen molar-refractivity contribution in [3.05, 3.63) is 83.4 Å². The molecule has 2 aliphatic rings. The first-order valence-electron chi connectivity index (χ1n) is 11.5. The predicted molar refractivity (Wildman–Crippen MR) is 126 cm³/mol. The molecule has 0 unspecified atom stereocenters. The molecule has 0 aromatic heterocycles. The van der Waals surface area contributed by atoms with Gasteiger partial charge in [0.25, 0.3) is 0 Å². The van der Waals surface area contributed by atoms with Crippen LogP contribution in [0.4, 0.5) is 0 Å². The molecule has 4 heteroatoms. The van der Waals surface area contributed by atoms with E-state index in [1.807, 2.05) is 6.92 Å². The highest BCUT2D eigenvalue weighted by Crippen LogP contribution is 2.31. The van der Waals surface area contributed by atoms with E-state index in [1.165, 1.54) is 27.5 Å². The topological polar surface area (TPSA) is 44.4 Å². The molecule has 3 aromatic rings. The van der Waals surface area contributed by atoms with Gasteiger partial charge in [-0.2, -0.15) is 0 Å². The number of amides is 1. The molecule has 1 aliphatic heterocycles. The number of likely N-dealkylation sites (tertiary alicyclic amines) is 1. The minimum absolute atomic E-state index is 0.0516. The third-order valence-electron chi connectivity index (χ3n) is 6.95. The minimum Gasteiger partial charge on any atom is -0.355 e. The van der Waals surface area contributed by atoms with Crippen molar-refractivity contribution in [2.24, 2.45) is 0 Å². The Bertz CT molecular complexity index is 1050. The average Bonchev–Trinajstić information content (AvgIpc) is 3.42. The summed E-state index contributed by atoms with van der Waals surface area (Å²) in [6.45, 7) is 4.43. The molecule has 1 fully saturated rings. The second kappa shape index (κ2) is 8.81. The summed E-state index contributed by atoms with van der Waals surface area (Å²) in [6.07, 6.45) is 2.95. The highest BCUT2D eigenvalue weighted by atomic mass is 16.2. The van der Waals surface area contributed by atoms with Crippen LogP contribution in [0.1, 0.15) is 30.0 Å². The lowest BCUT2D eigenvalue weighted by Crippen LogP contribution is -2.48. The van der Waals surface area contributed by atoms with Crippen LogP contribution < -0.4 is 10.6 Å². The highest BCUT2D eigenvalue weighted by molar-refractivity contribution is 5.85. The summed E-state index contributed by atoms with van der Waals surface area (Å²) >= 11 is 0. The molecule has 4 nitrogen and oxygen atoms in total. The Morgan fingerprint density at radius 2 is 1.68 bits per heavy atom. The first-order valence-corrected chi connectivity index (χ1v) is 11.5. The Morgan fingerprint density at radius 3 is 2.45 bits per heavy atom. The average molecular weight is 414 g/mol. The van der Waals surface area contributed by atoms with Crippen molar-refractivity contribution in [2.45, 2.75) is 50.9 Å². The third kappa shape index (κ3) is 4.10. The Balaban J connectivity index is 1.31. The smallest absolute Gasteiger partial charge is 0.237 e. The Hall–Kier alpha value is -2.69. The molecule has 2 atom stereocenters. The second-order valence-electron chi connectivity index (χ2n) is 8.89. The SMILES string of the molecule is CCNC(=O)[C@@H]1C[C@@H](NCc2cccc3ccccc23)CN1C1Cc2ccccc2C1. The lowest BCUT2D eigenvalue weighted by Gasteiger charge is -2.29. The maximum atomic E-state index is 12.9. The fraction of sp³-hybridized carbons (Fsp3) is 0.370. The number of rotatable bonds is 6. The highest BCUT2D eigenvalue weighted by Gasteiger charge is 2.41. The number of nitrogens with zero attached hydrogens (tertiary/aromatic N) is 1. The number of nitrogens with one attached hydrogen (secondary N) is 2. The van der Waals surface area contributed by atoms with Gasteiger partial charge in [-0.15, -0.1) is 0 Å². The normalized spacial score (nSPS) is 21.5. The number of carbonyl (C=O) groups is 1. The molecule has 1 aliphatic carbocycles. The van der Waals surface area contributed by atoms with Crippen LogP contribution >= 0.6 is 0 Å². The molecule has 2 N–H and O–H groups in total. The van der Waals surface area contributed by atoms with Gasteiger partial charge in [0, 0.05) is 31.7 Å². The summed E-state index contributed by atoms with van der Waals surface area (Å²) in [7, 11) is 0. The number of carbonyl (C=O) groups excluding carboxylic acids is 1. The van der Waals surface area contributed by atoms with Crippen molar-refractivity contribution in [1.29, 1.82) is 0 Å². The van der Waals surface area contributed by atoms with Gasteiger partial charge in [0.05, 0.1) is 6.04 Å². The first kappa shape index (κ1) is 20.2. The van der Waals surface area contributed by atoms with Crippen molar-refractivity contribution in [2.75, 3.05) is 13.1 Å². The van der Waals surface area contributed by atoms with E-state index in [9.17, 15) is 4.79 Å². The quantitative estimate of drug-likeness (QED) is 0.648. The fourth-order valence-corrected chi connectivity index (χ4v) is 5.43. The molecular formula is C27H31N3O. The molecule has 0 radical (unpaired) electrons. The van der Waals surface area contributed by atoms with Crippen molar-refractivity contribution < 1.29 is 4.79 Å². The van der Waals surface area contributed by atoms with Crippen LogP contribution in [-0.2, 0) is 24.2 Å². The van der Waals surface area contributed by atoms with Gasteiger partial charge in [0.1, 0.15) is 0 Å². The van der Waals surface area contributed by atoms with Gasteiger partial charge in [-0.3, -0.25) is 9.69 Å². The van der Waals surface area contributed by atoms with E-state index in [2.05, 4.69) is 82.3 Å². The Morgan fingerprint density at radius 1 is 0.968 bits per heavy atom. The van der Waals surface area contributed by atoms with E-state index in [0.717, 1.165) is 32.4 Å². The summed E-state index contributed by atoms with van der Waals surface area (Å²) in [4.78, 5) is 15.4. The summed E-state index contributed by atoms with van der Waals surface area (Å²) in [5, 5.41) is 9.42. The third-order valence-corrected chi connectivity index (χ3v) is 6.95. The van der Waals surface area contributed by atoms with E-state index in [1.54, 1.807) is 0 Å². The maximum absolute atomic E-state index is 12.9. The largest absolute Gasteiger partial charge is 0.355 e. The van der Waals surface area contributed by atoms with Crippen LogP contribution in [0.15, 0.2) is 66.7 Å². The maximum Gasteiger partial charge on any atom is 0.237 e. The molecule has 31 heavy (non-hydrogen) atoms. The van der Waals surface area contributed by atoms with Gasteiger partial charge in [-0.1, -0.05) is 66.7 Å². The second-order valence-corrected chi connectivity index (χ2v) is 8.89. The van der Waals surface area contributed by atoms with E-state index in [0.29, 0.717) is 18.6 Å². The molecule has 1 heterocycles. The van der Waals surface area contributed by atoms with E-state index < -0.39 is 0 Å². The van der Waals surface area contributed by atoms with Crippen LogP contribution in [0, 0.1) is 0 Å². The van der Waals surface area contributed by atoms with Crippen LogP contribution in [0.5, 0.6) is 0 Å². The molecular weight excluding hydrogens is 382 g/mol. The molecule has 160 valence electrons. The number of benzene rings is 3. The molecule has 3 aromatic carbocycles. The van der Waals surface area contributed by atoms with Crippen LogP contribution in [-0.4, -0.2) is 42.0 Å². The monoisotopic (exact) mass is 413 g/mol. The van der Waals surface area contributed by atoms with Crippen molar-refractivity contribution in [3.8, 4) is 0 Å². The van der Waals surface area contributed by atoms with Gasteiger partial charge in [0.2, 0.25) is 5.91 Å². The minimum atomic E-state index is -0.0516. The van der Waals surface area contributed by atoms with Gasteiger partial charge < -0.3 is 10.6 Å².